The summed E-state index contributed by atoms with van der Waals surface area (Å²) < 4.78 is 13.9. The van der Waals surface area contributed by atoms with Crippen molar-refractivity contribution in [1.82, 2.24) is 10.6 Å². The zero-order valence-electron chi connectivity index (χ0n) is 11.9. The summed E-state index contributed by atoms with van der Waals surface area (Å²) in [5.74, 6) is -1.12. The van der Waals surface area contributed by atoms with E-state index in [1.165, 1.54) is 6.07 Å². The van der Waals surface area contributed by atoms with Crippen molar-refractivity contribution in [3.8, 4) is 0 Å². The normalized spacial score (nSPS) is 10.4. The third-order valence-electron chi connectivity index (χ3n) is 2.92. The highest BCUT2D eigenvalue weighted by atomic mass is 79.9. The minimum atomic E-state index is -0.508. The van der Waals surface area contributed by atoms with Crippen LogP contribution in [-0.4, -0.2) is 18.4 Å². The zero-order chi connectivity index (χ0) is 16.8. The van der Waals surface area contributed by atoms with E-state index in [2.05, 4.69) is 26.6 Å². The number of thiophene rings is 1. The fourth-order valence-electron chi connectivity index (χ4n) is 1.79. The molecule has 23 heavy (non-hydrogen) atoms. The van der Waals surface area contributed by atoms with Crippen LogP contribution in [0, 0.1) is 5.82 Å². The van der Waals surface area contributed by atoms with Gasteiger partial charge in [0.1, 0.15) is 5.82 Å². The van der Waals surface area contributed by atoms with Crippen LogP contribution in [0.4, 0.5) is 4.39 Å². The Morgan fingerprint density at radius 3 is 2.70 bits per heavy atom. The van der Waals surface area contributed by atoms with Crippen LogP contribution in [0.3, 0.4) is 0 Å². The van der Waals surface area contributed by atoms with E-state index in [4.69, 9.17) is 11.6 Å². The van der Waals surface area contributed by atoms with E-state index in [0.717, 1.165) is 21.5 Å². The molecule has 0 unspecified atom stereocenters. The quantitative estimate of drug-likeness (QED) is 0.749. The fraction of sp³-hybridized carbons (Fsp3) is 0.200. The first-order chi connectivity index (χ1) is 11.0. The van der Waals surface area contributed by atoms with Gasteiger partial charge in [0, 0.05) is 19.5 Å². The summed E-state index contributed by atoms with van der Waals surface area (Å²) >= 11 is 10.7. The van der Waals surface area contributed by atoms with Crippen molar-refractivity contribution in [3.05, 3.63) is 55.4 Å². The minimum absolute atomic E-state index is 0.0370. The van der Waals surface area contributed by atoms with Gasteiger partial charge in [-0.2, -0.15) is 0 Å². The van der Waals surface area contributed by atoms with Gasteiger partial charge in [-0.05, 0) is 51.1 Å². The van der Waals surface area contributed by atoms with Crippen molar-refractivity contribution in [2.75, 3.05) is 6.54 Å². The smallest absolute Gasteiger partial charge is 0.252 e. The highest BCUT2D eigenvalue weighted by Crippen LogP contribution is 2.20. The number of rotatable bonds is 6. The van der Waals surface area contributed by atoms with E-state index >= 15 is 0 Å². The Labute approximate surface area is 150 Å². The third kappa shape index (κ3) is 5.60. The van der Waals surface area contributed by atoms with Gasteiger partial charge in [0.2, 0.25) is 5.91 Å². The number of hydrogen-bond donors (Lipinski definition) is 2. The fourth-order valence-corrected chi connectivity index (χ4v) is 3.25. The minimum Gasteiger partial charge on any atom is -0.352 e. The molecule has 0 bridgehead atoms. The third-order valence-corrected chi connectivity index (χ3v) is 4.79. The first-order valence-electron chi connectivity index (χ1n) is 6.68. The Balaban J connectivity index is 1.73. The van der Waals surface area contributed by atoms with E-state index in [1.807, 2.05) is 11.4 Å². The summed E-state index contributed by atoms with van der Waals surface area (Å²) in [6, 6.07) is 5.47. The van der Waals surface area contributed by atoms with Gasteiger partial charge in [0.05, 0.1) is 14.4 Å². The second kappa shape index (κ2) is 8.42. The molecule has 1 heterocycles. The molecule has 2 N–H and O–H groups in total. The van der Waals surface area contributed by atoms with Crippen LogP contribution in [0.5, 0.6) is 0 Å². The molecule has 0 radical (unpaired) electrons. The number of carbonyl (C=O) groups is 2. The van der Waals surface area contributed by atoms with Crippen molar-refractivity contribution >= 4 is 50.7 Å². The molecule has 122 valence electrons. The second-order valence-electron chi connectivity index (χ2n) is 4.67. The van der Waals surface area contributed by atoms with Gasteiger partial charge in [-0.3, -0.25) is 9.59 Å². The van der Waals surface area contributed by atoms with E-state index in [-0.39, 0.29) is 29.5 Å². The first kappa shape index (κ1) is 17.9. The lowest BCUT2D eigenvalue weighted by molar-refractivity contribution is -0.121. The molecule has 0 fully saturated rings. The SMILES string of the molecule is O=C(CCNC(=O)c1ccc(F)cc1Cl)NCc1csc(Br)c1. The number of amides is 2. The molecular weight excluding hydrogens is 407 g/mol. The van der Waals surface area contributed by atoms with Crippen LogP contribution in [0.25, 0.3) is 0 Å². The van der Waals surface area contributed by atoms with Gasteiger partial charge in [-0.1, -0.05) is 11.6 Å². The maximum absolute atomic E-state index is 12.9. The van der Waals surface area contributed by atoms with Crippen molar-refractivity contribution in [3.63, 3.8) is 0 Å². The summed E-state index contributed by atoms with van der Waals surface area (Å²) in [5.41, 5.74) is 1.19. The molecule has 2 aromatic rings. The van der Waals surface area contributed by atoms with Crippen LogP contribution < -0.4 is 10.6 Å². The van der Waals surface area contributed by atoms with E-state index in [0.29, 0.717) is 6.54 Å². The standard InChI is InChI=1S/C15H13BrClFN2O2S/c16-13-5-9(8-23-13)7-20-14(21)3-4-19-15(22)11-2-1-10(18)6-12(11)17/h1-2,5-6,8H,3-4,7H2,(H,19,22)(H,20,21). The average molecular weight is 420 g/mol. The summed E-state index contributed by atoms with van der Waals surface area (Å²) in [7, 11) is 0. The van der Waals surface area contributed by atoms with Gasteiger partial charge in [0.15, 0.2) is 0 Å². The zero-order valence-corrected chi connectivity index (χ0v) is 15.0. The van der Waals surface area contributed by atoms with Crippen LogP contribution in [0.2, 0.25) is 5.02 Å². The molecule has 0 aliphatic rings. The molecule has 0 spiro atoms. The Hall–Kier alpha value is -1.44. The summed E-state index contributed by atoms with van der Waals surface area (Å²) in [4.78, 5) is 23.6. The van der Waals surface area contributed by atoms with Crippen molar-refractivity contribution in [1.29, 1.82) is 0 Å². The maximum Gasteiger partial charge on any atom is 0.252 e. The van der Waals surface area contributed by atoms with Crippen LogP contribution in [0.15, 0.2) is 33.4 Å². The van der Waals surface area contributed by atoms with Gasteiger partial charge in [-0.15, -0.1) is 11.3 Å². The number of nitrogens with one attached hydrogen (secondary N) is 2. The number of carbonyl (C=O) groups excluding carboxylic acids is 2. The predicted molar refractivity (Wildman–Crippen MR) is 92.2 cm³/mol. The molecule has 0 aliphatic carbocycles. The van der Waals surface area contributed by atoms with Crippen LogP contribution in [-0.2, 0) is 11.3 Å². The monoisotopic (exact) mass is 418 g/mol. The molecule has 0 saturated carbocycles. The van der Waals surface area contributed by atoms with E-state index in [1.54, 1.807) is 11.3 Å². The Morgan fingerprint density at radius 2 is 2.04 bits per heavy atom. The van der Waals surface area contributed by atoms with Crippen molar-refractivity contribution in [2.45, 2.75) is 13.0 Å². The van der Waals surface area contributed by atoms with Crippen molar-refractivity contribution < 1.29 is 14.0 Å². The van der Waals surface area contributed by atoms with Crippen LogP contribution in [0.1, 0.15) is 22.3 Å². The molecule has 2 rings (SSSR count). The molecule has 4 nitrogen and oxygen atoms in total. The van der Waals surface area contributed by atoms with Gasteiger partial charge >= 0.3 is 0 Å². The van der Waals surface area contributed by atoms with E-state index < -0.39 is 11.7 Å². The summed E-state index contributed by atoms with van der Waals surface area (Å²) in [6.45, 7) is 0.615. The molecule has 1 aromatic heterocycles. The Bertz CT molecular complexity index is 723. The van der Waals surface area contributed by atoms with E-state index in [9.17, 15) is 14.0 Å². The molecule has 0 atom stereocenters. The lowest BCUT2D eigenvalue weighted by atomic mass is 10.2. The summed E-state index contributed by atoms with van der Waals surface area (Å²) in [6.07, 6.45) is 0.149. The molecular formula is C15H13BrClFN2O2S. The molecule has 8 heteroatoms. The van der Waals surface area contributed by atoms with Crippen LogP contribution >= 0.6 is 38.9 Å². The maximum atomic E-state index is 12.9. The van der Waals surface area contributed by atoms with Gasteiger partial charge < -0.3 is 10.6 Å². The molecule has 0 saturated heterocycles. The van der Waals surface area contributed by atoms with Crippen molar-refractivity contribution in [2.24, 2.45) is 0 Å². The molecule has 0 aliphatic heterocycles. The number of hydrogen-bond acceptors (Lipinski definition) is 3. The predicted octanol–water partition coefficient (Wildman–Crippen LogP) is 3.74. The molecule has 2 amide bonds. The number of benzene rings is 1. The highest BCUT2D eigenvalue weighted by Gasteiger charge is 2.11. The first-order valence-corrected chi connectivity index (χ1v) is 8.73. The highest BCUT2D eigenvalue weighted by molar-refractivity contribution is 9.11. The lowest BCUT2D eigenvalue weighted by Crippen LogP contribution is -2.30. The van der Waals surface area contributed by atoms with Gasteiger partial charge in [0.25, 0.3) is 5.91 Å². The second-order valence-corrected chi connectivity index (χ2v) is 7.36. The van der Waals surface area contributed by atoms with Gasteiger partial charge in [-0.25, -0.2) is 4.39 Å². The topological polar surface area (TPSA) is 58.2 Å². The Morgan fingerprint density at radius 1 is 1.26 bits per heavy atom. The Kier molecular flexibility index (Phi) is 6.56. The number of halogens is 3. The lowest BCUT2D eigenvalue weighted by Gasteiger charge is -2.07. The summed E-state index contributed by atoms with van der Waals surface area (Å²) in [5, 5.41) is 7.33. The largest absolute Gasteiger partial charge is 0.352 e. The molecule has 1 aromatic carbocycles. The average Bonchev–Trinajstić information content (AvgIpc) is 2.90.